The molecule has 0 aliphatic heterocycles. The average molecular weight is 412 g/mol. The number of anilines is 1. The minimum Gasteiger partial charge on any atom is -0.387 e. The smallest absolute Gasteiger partial charge is 0.260 e. The third-order valence-corrected chi connectivity index (χ3v) is 5.31. The molecule has 1 aliphatic carbocycles. The van der Waals surface area contributed by atoms with Gasteiger partial charge in [0.05, 0.1) is 17.5 Å². The molecule has 4 rings (SSSR count). The Kier molecular flexibility index (Phi) is 5.19. The van der Waals surface area contributed by atoms with Gasteiger partial charge in [-0.3, -0.25) is 14.8 Å². The molecule has 0 saturated heterocycles. The average Bonchev–Trinajstić information content (AvgIpc) is 3.36. The van der Waals surface area contributed by atoms with E-state index in [4.69, 9.17) is 0 Å². The molecule has 1 aliphatic rings. The summed E-state index contributed by atoms with van der Waals surface area (Å²) in [4.78, 5) is 24.9. The topological polar surface area (TPSA) is 88.0 Å². The van der Waals surface area contributed by atoms with Crippen LogP contribution in [0.4, 0.5) is 14.6 Å². The number of fused-ring (bicyclic) bond motifs is 1. The molecule has 0 aromatic carbocycles. The molecule has 3 aromatic heterocycles. The zero-order valence-corrected chi connectivity index (χ0v) is 16.7. The molecule has 2 N–H and O–H groups in total. The van der Waals surface area contributed by atoms with Crippen LogP contribution in [0.15, 0.2) is 36.8 Å². The normalized spacial score (nSPS) is 18.2. The van der Waals surface area contributed by atoms with Gasteiger partial charge in [-0.25, -0.2) is 13.8 Å². The number of aryl methyl sites for hydroxylation is 1. The maximum Gasteiger partial charge on any atom is 0.260 e. The summed E-state index contributed by atoms with van der Waals surface area (Å²) >= 11 is 0. The van der Waals surface area contributed by atoms with Gasteiger partial charge in [0.25, 0.3) is 5.92 Å². The highest BCUT2D eigenvalue weighted by Crippen LogP contribution is 2.49. The van der Waals surface area contributed by atoms with E-state index in [0.29, 0.717) is 17.8 Å². The Labute approximate surface area is 172 Å². The molecule has 3 heterocycles. The van der Waals surface area contributed by atoms with Gasteiger partial charge in [-0.2, -0.15) is 0 Å². The molecule has 2 atom stereocenters. The van der Waals surface area contributed by atoms with E-state index in [2.05, 4.69) is 20.3 Å². The fourth-order valence-corrected chi connectivity index (χ4v) is 3.41. The van der Waals surface area contributed by atoms with E-state index in [0.717, 1.165) is 28.3 Å². The molecule has 0 radical (unpaired) electrons. The summed E-state index contributed by atoms with van der Waals surface area (Å²) in [6, 6.07) is 5.33. The van der Waals surface area contributed by atoms with Crippen LogP contribution in [-0.4, -0.2) is 31.9 Å². The number of halogens is 2. The van der Waals surface area contributed by atoms with E-state index in [9.17, 15) is 18.7 Å². The number of carbonyl (C=O) groups is 1. The van der Waals surface area contributed by atoms with Crippen molar-refractivity contribution < 1.29 is 18.7 Å². The predicted molar refractivity (Wildman–Crippen MR) is 109 cm³/mol. The molecule has 0 unspecified atom stereocenters. The quantitative estimate of drug-likeness (QED) is 0.625. The van der Waals surface area contributed by atoms with E-state index in [-0.39, 0.29) is 5.82 Å². The minimum absolute atomic E-state index is 0.219. The highest BCUT2D eigenvalue weighted by atomic mass is 19.3. The fourth-order valence-electron chi connectivity index (χ4n) is 3.41. The highest BCUT2D eigenvalue weighted by Gasteiger charge is 2.61. The summed E-state index contributed by atoms with van der Waals surface area (Å²) in [5.41, 5.74) is 3.14. The molecule has 3 aromatic rings. The van der Waals surface area contributed by atoms with Gasteiger partial charge in [-0.05, 0) is 37.1 Å². The van der Waals surface area contributed by atoms with Crippen LogP contribution in [-0.2, 0) is 4.79 Å². The van der Waals surface area contributed by atoms with Gasteiger partial charge in [0, 0.05) is 41.3 Å². The summed E-state index contributed by atoms with van der Waals surface area (Å²) in [6.07, 6.45) is 5.45. The number of nitrogens with one attached hydrogen (secondary N) is 1. The van der Waals surface area contributed by atoms with Crippen molar-refractivity contribution in [3.63, 3.8) is 0 Å². The van der Waals surface area contributed by atoms with Crippen molar-refractivity contribution in [3.8, 4) is 11.3 Å². The van der Waals surface area contributed by atoms with Crippen molar-refractivity contribution in [3.05, 3.63) is 48.0 Å². The molecular weight excluding hydrogens is 390 g/mol. The number of pyridine rings is 3. The largest absolute Gasteiger partial charge is 0.387 e. The molecule has 8 heteroatoms. The second kappa shape index (κ2) is 7.68. The Balaban J connectivity index is 1.56. The standard InChI is InChI=1S/C22H22F2N4O2/c1-3-4-19(29)18-5-12(2)15(11-26-18)17-6-13-10-27-20(7-14(13)9-25-17)28-21(30)16-8-22(16,23)24/h5-7,9-11,16,19,29H,3-4,8H2,1-2H3,(H,27,28,30)/t16-,19+/m1/s1. The first-order valence-corrected chi connectivity index (χ1v) is 9.88. The van der Waals surface area contributed by atoms with E-state index in [1.54, 1.807) is 24.7 Å². The van der Waals surface area contributed by atoms with Crippen molar-refractivity contribution in [1.29, 1.82) is 0 Å². The van der Waals surface area contributed by atoms with Crippen molar-refractivity contribution in [2.75, 3.05) is 5.32 Å². The highest BCUT2D eigenvalue weighted by molar-refractivity contribution is 5.96. The third-order valence-electron chi connectivity index (χ3n) is 5.31. The number of aromatic nitrogens is 3. The molecule has 1 fully saturated rings. The van der Waals surface area contributed by atoms with Crippen LogP contribution in [0.1, 0.15) is 43.5 Å². The van der Waals surface area contributed by atoms with Gasteiger partial charge in [0.1, 0.15) is 11.7 Å². The number of carbonyl (C=O) groups excluding carboxylic acids is 1. The summed E-state index contributed by atoms with van der Waals surface area (Å²) < 4.78 is 26.1. The summed E-state index contributed by atoms with van der Waals surface area (Å²) in [5, 5.41) is 14.1. The summed E-state index contributed by atoms with van der Waals surface area (Å²) in [6.45, 7) is 3.95. The van der Waals surface area contributed by atoms with Crippen LogP contribution in [0.3, 0.4) is 0 Å². The second-order valence-electron chi connectivity index (χ2n) is 7.72. The van der Waals surface area contributed by atoms with E-state index < -0.39 is 30.3 Å². The Morgan fingerprint density at radius 2 is 1.90 bits per heavy atom. The number of rotatable bonds is 6. The number of nitrogens with zero attached hydrogens (tertiary/aromatic N) is 3. The van der Waals surface area contributed by atoms with Crippen LogP contribution < -0.4 is 5.32 Å². The van der Waals surface area contributed by atoms with Crippen LogP contribution in [0.2, 0.25) is 0 Å². The Bertz CT molecular complexity index is 1120. The Hall–Kier alpha value is -3.00. The van der Waals surface area contributed by atoms with E-state index in [1.165, 1.54) is 0 Å². The molecule has 6 nitrogen and oxygen atoms in total. The molecule has 156 valence electrons. The molecule has 30 heavy (non-hydrogen) atoms. The van der Waals surface area contributed by atoms with Crippen molar-refractivity contribution in [2.45, 2.75) is 45.1 Å². The number of hydrogen-bond donors (Lipinski definition) is 2. The van der Waals surface area contributed by atoms with Crippen molar-refractivity contribution >= 4 is 22.5 Å². The maximum atomic E-state index is 13.0. The van der Waals surface area contributed by atoms with E-state index >= 15 is 0 Å². The Morgan fingerprint density at radius 1 is 1.20 bits per heavy atom. The lowest BCUT2D eigenvalue weighted by Gasteiger charge is -2.12. The van der Waals surface area contributed by atoms with Crippen LogP contribution >= 0.6 is 0 Å². The summed E-state index contributed by atoms with van der Waals surface area (Å²) in [5.74, 6) is -4.68. The van der Waals surface area contributed by atoms with Gasteiger partial charge in [-0.1, -0.05) is 13.3 Å². The molecule has 0 spiro atoms. The minimum atomic E-state index is -2.91. The SMILES string of the molecule is CCC[C@H](O)c1cc(C)c(-c2cc3cnc(NC(=O)[C@H]4CC4(F)F)cc3cn2)cn1. The Morgan fingerprint density at radius 3 is 2.57 bits per heavy atom. The molecular formula is C22H22F2N4O2. The molecule has 1 saturated carbocycles. The van der Waals surface area contributed by atoms with Crippen LogP contribution in [0.5, 0.6) is 0 Å². The summed E-state index contributed by atoms with van der Waals surface area (Å²) in [7, 11) is 0. The van der Waals surface area contributed by atoms with Crippen molar-refractivity contribution in [1.82, 2.24) is 15.0 Å². The zero-order chi connectivity index (χ0) is 21.5. The fraction of sp³-hybridized carbons (Fsp3) is 0.364. The molecule has 0 bridgehead atoms. The van der Waals surface area contributed by atoms with Gasteiger partial charge in [0.2, 0.25) is 5.91 Å². The van der Waals surface area contributed by atoms with Crippen LogP contribution in [0.25, 0.3) is 22.0 Å². The van der Waals surface area contributed by atoms with Gasteiger partial charge in [0.15, 0.2) is 0 Å². The molecule has 1 amide bonds. The van der Waals surface area contributed by atoms with Gasteiger partial charge in [-0.15, -0.1) is 0 Å². The van der Waals surface area contributed by atoms with Gasteiger partial charge < -0.3 is 10.4 Å². The van der Waals surface area contributed by atoms with Gasteiger partial charge >= 0.3 is 0 Å². The first-order chi connectivity index (χ1) is 14.3. The zero-order valence-electron chi connectivity index (χ0n) is 16.7. The third kappa shape index (κ3) is 4.00. The van der Waals surface area contributed by atoms with Crippen molar-refractivity contribution in [2.24, 2.45) is 5.92 Å². The number of aliphatic hydroxyl groups excluding tert-OH is 1. The number of hydrogen-bond acceptors (Lipinski definition) is 5. The van der Waals surface area contributed by atoms with Crippen LogP contribution in [0, 0.1) is 12.8 Å². The predicted octanol–water partition coefficient (Wildman–Crippen LogP) is 4.43. The lowest BCUT2D eigenvalue weighted by molar-refractivity contribution is -0.119. The number of alkyl halides is 2. The second-order valence-corrected chi connectivity index (χ2v) is 7.72. The van der Waals surface area contributed by atoms with E-state index in [1.807, 2.05) is 26.0 Å². The lowest BCUT2D eigenvalue weighted by Crippen LogP contribution is -2.18. The first kappa shape index (κ1) is 20.3. The number of amides is 1. The lowest BCUT2D eigenvalue weighted by atomic mass is 10.0. The number of aliphatic hydroxyl groups is 1. The maximum absolute atomic E-state index is 13.0. The first-order valence-electron chi connectivity index (χ1n) is 9.88. The monoisotopic (exact) mass is 412 g/mol.